The van der Waals surface area contributed by atoms with Crippen LogP contribution >= 0.6 is 23.2 Å². The molecule has 1 aromatic rings. The lowest BCUT2D eigenvalue weighted by molar-refractivity contribution is -0.146. The lowest BCUT2D eigenvalue weighted by atomic mass is 9.79. The molecule has 2 N–H and O–H groups in total. The molecule has 8 nitrogen and oxygen atoms in total. The Hall–Kier alpha value is -1.42. The Morgan fingerprint density at radius 3 is 2.69 bits per heavy atom. The average molecular weight is 539 g/mol. The van der Waals surface area contributed by atoms with Gasteiger partial charge in [-0.2, -0.15) is 0 Å². The van der Waals surface area contributed by atoms with Crippen molar-refractivity contribution >= 4 is 35.0 Å². The summed E-state index contributed by atoms with van der Waals surface area (Å²) >= 11 is 12.0. The number of nitrogens with zero attached hydrogens (tertiary/aromatic N) is 3. The molecule has 198 valence electrons. The minimum absolute atomic E-state index is 0.0601. The van der Waals surface area contributed by atoms with Crippen LogP contribution in [-0.2, 0) is 20.9 Å². The number of carbonyl (C=O) groups is 2. The zero-order valence-electron chi connectivity index (χ0n) is 20.8. The predicted molar refractivity (Wildman–Crippen MR) is 140 cm³/mol. The van der Waals surface area contributed by atoms with E-state index in [1.807, 2.05) is 6.07 Å². The molecule has 1 saturated carbocycles. The molecule has 3 heterocycles. The standard InChI is InChI=1S/C26H37Cl2N5O3/c27-22-3-1-18(11-23(22)28)13-29-25(34)15-33-17-30-24-4-2-20(12-21(24)26(33)35)32-8-6-31(7-9-32)14-19-5-10-36-16-19/h1,3,11,19-21,24,30H,2,4-10,12-17H2,(H,29,34). The lowest BCUT2D eigenvalue weighted by Crippen LogP contribution is -2.62. The number of halogens is 2. The summed E-state index contributed by atoms with van der Waals surface area (Å²) < 4.78 is 5.54. The van der Waals surface area contributed by atoms with Crippen LogP contribution in [0.1, 0.15) is 31.2 Å². The van der Waals surface area contributed by atoms with Crippen molar-refractivity contribution in [2.75, 3.05) is 59.2 Å². The summed E-state index contributed by atoms with van der Waals surface area (Å²) in [5, 5.41) is 7.36. The first-order valence-electron chi connectivity index (χ1n) is 13.2. The Kier molecular flexibility index (Phi) is 8.71. The Morgan fingerprint density at radius 2 is 1.94 bits per heavy atom. The van der Waals surface area contributed by atoms with Gasteiger partial charge in [-0.15, -0.1) is 0 Å². The minimum Gasteiger partial charge on any atom is -0.381 e. The van der Waals surface area contributed by atoms with Crippen LogP contribution in [0, 0.1) is 11.8 Å². The van der Waals surface area contributed by atoms with Gasteiger partial charge in [-0.1, -0.05) is 29.3 Å². The topological polar surface area (TPSA) is 77.2 Å². The van der Waals surface area contributed by atoms with E-state index in [4.69, 9.17) is 27.9 Å². The number of carbonyl (C=O) groups excluding carboxylic acids is 2. The van der Waals surface area contributed by atoms with Crippen LogP contribution in [0.4, 0.5) is 0 Å². The molecule has 4 aliphatic rings. The van der Waals surface area contributed by atoms with Crippen molar-refractivity contribution in [2.24, 2.45) is 11.8 Å². The van der Waals surface area contributed by atoms with Crippen molar-refractivity contribution < 1.29 is 14.3 Å². The van der Waals surface area contributed by atoms with Crippen LogP contribution in [0.5, 0.6) is 0 Å². The summed E-state index contributed by atoms with van der Waals surface area (Å²) in [6, 6.07) is 5.95. The summed E-state index contributed by atoms with van der Waals surface area (Å²) in [5.74, 6) is 0.554. The fourth-order valence-corrected chi connectivity index (χ4v) is 6.47. The highest BCUT2D eigenvalue weighted by molar-refractivity contribution is 6.42. The second kappa shape index (κ2) is 12.0. The van der Waals surface area contributed by atoms with Crippen LogP contribution < -0.4 is 10.6 Å². The van der Waals surface area contributed by atoms with Gasteiger partial charge in [0, 0.05) is 58.0 Å². The predicted octanol–water partition coefficient (Wildman–Crippen LogP) is 2.19. The van der Waals surface area contributed by atoms with E-state index in [2.05, 4.69) is 20.4 Å². The van der Waals surface area contributed by atoms with E-state index in [1.165, 1.54) is 6.42 Å². The highest BCUT2D eigenvalue weighted by Crippen LogP contribution is 2.32. The second-order valence-corrected chi connectivity index (χ2v) is 11.5. The van der Waals surface area contributed by atoms with E-state index >= 15 is 0 Å². The summed E-state index contributed by atoms with van der Waals surface area (Å²) in [5.41, 5.74) is 0.868. The zero-order valence-corrected chi connectivity index (χ0v) is 22.3. The minimum atomic E-state index is -0.175. The van der Waals surface area contributed by atoms with Gasteiger partial charge >= 0.3 is 0 Å². The maximum atomic E-state index is 13.4. The molecule has 10 heteroatoms. The molecule has 2 amide bonds. The third-order valence-electron chi connectivity index (χ3n) is 8.27. The number of nitrogens with one attached hydrogen (secondary N) is 2. The summed E-state index contributed by atoms with van der Waals surface area (Å²) in [6.45, 7) is 8.12. The van der Waals surface area contributed by atoms with Crippen LogP contribution in [-0.4, -0.2) is 97.7 Å². The van der Waals surface area contributed by atoms with Crippen molar-refractivity contribution in [1.82, 2.24) is 25.3 Å². The highest BCUT2D eigenvalue weighted by atomic mass is 35.5. The Morgan fingerprint density at radius 1 is 1.11 bits per heavy atom. The maximum Gasteiger partial charge on any atom is 0.239 e. The van der Waals surface area contributed by atoms with Crippen molar-refractivity contribution in [2.45, 2.75) is 44.3 Å². The molecule has 1 aromatic carbocycles. The SMILES string of the molecule is O=C(CN1CNC2CCC(N3CCN(CC4CCOC4)CC3)CC2C1=O)NCc1ccc(Cl)c(Cl)c1. The summed E-state index contributed by atoms with van der Waals surface area (Å²) in [4.78, 5) is 32.8. The molecule has 4 fully saturated rings. The van der Waals surface area contributed by atoms with Gasteiger partial charge < -0.3 is 19.9 Å². The Labute approximate surface area is 223 Å². The van der Waals surface area contributed by atoms with Crippen LogP contribution in [0.2, 0.25) is 10.0 Å². The number of fused-ring (bicyclic) bond motifs is 1. The highest BCUT2D eigenvalue weighted by Gasteiger charge is 2.42. The van der Waals surface area contributed by atoms with Gasteiger partial charge in [0.2, 0.25) is 11.8 Å². The lowest BCUT2D eigenvalue weighted by Gasteiger charge is -2.47. The molecular formula is C26H37Cl2N5O3. The summed E-state index contributed by atoms with van der Waals surface area (Å²) in [6.07, 6.45) is 4.19. The average Bonchev–Trinajstić information content (AvgIpc) is 3.40. The van der Waals surface area contributed by atoms with E-state index in [9.17, 15) is 9.59 Å². The van der Waals surface area contributed by atoms with Crippen molar-refractivity contribution in [3.05, 3.63) is 33.8 Å². The zero-order chi connectivity index (χ0) is 25.1. The number of hydrogen-bond acceptors (Lipinski definition) is 6. The van der Waals surface area contributed by atoms with Gasteiger partial charge in [0.1, 0.15) is 6.54 Å². The molecule has 4 unspecified atom stereocenters. The fourth-order valence-electron chi connectivity index (χ4n) is 6.15. The fraction of sp³-hybridized carbons (Fsp3) is 0.692. The first-order valence-corrected chi connectivity index (χ1v) is 14.0. The second-order valence-electron chi connectivity index (χ2n) is 10.7. The molecule has 0 spiro atoms. The molecule has 4 atom stereocenters. The van der Waals surface area contributed by atoms with Crippen LogP contribution in [0.25, 0.3) is 0 Å². The third-order valence-corrected chi connectivity index (χ3v) is 9.01. The first-order chi connectivity index (χ1) is 17.5. The van der Waals surface area contributed by atoms with Gasteiger partial charge in [0.25, 0.3) is 0 Å². The van der Waals surface area contributed by atoms with Gasteiger partial charge in [0.15, 0.2) is 0 Å². The molecule has 1 aliphatic carbocycles. The first kappa shape index (κ1) is 26.2. The number of ether oxygens (including phenoxy) is 1. The smallest absolute Gasteiger partial charge is 0.239 e. The molecular weight excluding hydrogens is 501 g/mol. The number of benzene rings is 1. The molecule has 0 bridgehead atoms. The number of hydrogen-bond donors (Lipinski definition) is 2. The van der Waals surface area contributed by atoms with Crippen molar-refractivity contribution in [3.8, 4) is 0 Å². The van der Waals surface area contributed by atoms with Crippen LogP contribution in [0.15, 0.2) is 18.2 Å². The number of piperazine rings is 1. The largest absolute Gasteiger partial charge is 0.381 e. The molecule has 0 radical (unpaired) electrons. The molecule has 5 rings (SSSR count). The van der Waals surface area contributed by atoms with Gasteiger partial charge in [-0.05, 0) is 49.3 Å². The number of amides is 2. The van der Waals surface area contributed by atoms with Crippen molar-refractivity contribution in [1.29, 1.82) is 0 Å². The third kappa shape index (κ3) is 6.34. The summed E-state index contributed by atoms with van der Waals surface area (Å²) in [7, 11) is 0. The Balaban J connectivity index is 1.08. The van der Waals surface area contributed by atoms with E-state index in [0.29, 0.717) is 35.2 Å². The molecule has 0 aromatic heterocycles. The Bertz CT molecular complexity index is 936. The van der Waals surface area contributed by atoms with E-state index in [1.54, 1.807) is 17.0 Å². The van der Waals surface area contributed by atoms with Gasteiger partial charge in [-0.25, -0.2) is 0 Å². The molecule has 36 heavy (non-hydrogen) atoms. The monoisotopic (exact) mass is 537 g/mol. The van der Waals surface area contributed by atoms with Gasteiger partial charge in [-0.3, -0.25) is 19.8 Å². The van der Waals surface area contributed by atoms with Gasteiger partial charge in [0.05, 0.1) is 29.2 Å². The molecule has 3 saturated heterocycles. The van der Waals surface area contributed by atoms with E-state index < -0.39 is 0 Å². The van der Waals surface area contributed by atoms with E-state index in [0.717, 1.165) is 70.8 Å². The van der Waals surface area contributed by atoms with Crippen molar-refractivity contribution in [3.63, 3.8) is 0 Å². The quantitative estimate of drug-likeness (QED) is 0.555. The molecule has 3 aliphatic heterocycles. The number of rotatable bonds is 7. The maximum absolute atomic E-state index is 13.4. The van der Waals surface area contributed by atoms with Crippen LogP contribution in [0.3, 0.4) is 0 Å². The van der Waals surface area contributed by atoms with E-state index in [-0.39, 0.29) is 30.3 Å². The normalized spacial score (nSPS) is 29.8.